The van der Waals surface area contributed by atoms with Gasteiger partial charge in [-0.05, 0) is 19.8 Å². The Bertz CT molecular complexity index is 772. The zero-order valence-corrected chi connectivity index (χ0v) is 14.7. The number of ether oxygens (including phenoxy) is 1. The van der Waals surface area contributed by atoms with Gasteiger partial charge < -0.3 is 19.7 Å². The topological polar surface area (TPSA) is 93.5 Å². The molecule has 3 rings (SSSR count). The number of nitrogens with one attached hydrogen (secondary N) is 1. The van der Waals surface area contributed by atoms with Gasteiger partial charge >= 0.3 is 12.1 Å². The van der Waals surface area contributed by atoms with E-state index in [4.69, 9.17) is 4.74 Å². The van der Waals surface area contributed by atoms with Crippen LogP contribution < -0.4 is 5.32 Å². The second kappa shape index (κ2) is 8.03. The Morgan fingerprint density at radius 3 is 2.69 bits per heavy atom. The van der Waals surface area contributed by atoms with Crippen molar-refractivity contribution in [3.05, 3.63) is 42.4 Å². The van der Waals surface area contributed by atoms with Crippen LogP contribution in [0.15, 0.2) is 36.7 Å². The maximum atomic E-state index is 11.9. The van der Waals surface area contributed by atoms with Crippen molar-refractivity contribution in [3.8, 4) is 11.3 Å². The molecule has 1 aliphatic carbocycles. The molecular formula is C19H23N3O4. The van der Waals surface area contributed by atoms with E-state index < -0.39 is 12.1 Å². The maximum absolute atomic E-state index is 11.9. The first kappa shape index (κ1) is 18.0. The lowest BCUT2D eigenvalue weighted by atomic mass is 9.89. The van der Waals surface area contributed by atoms with Crippen LogP contribution in [0.1, 0.15) is 49.1 Å². The van der Waals surface area contributed by atoms with Gasteiger partial charge in [0.25, 0.3) is 0 Å². The van der Waals surface area contributed by atoms with Gasteiger partial charge in [0.05, 0.1) is 30.7 Å². The van der Waals surface area contributed by atoms with Gasteiger partial charge in [-0.3, -0.25) is 0 Å². The van der Waals surface area contributed by atoms with Gasteiger partial charge in [-0.15, -0.1) is 0 Å². The van der Waals surface area contributed by atoms with Gasteiger partial charge in [0.15, 0.2) is 5.69 Å². The summed E-state index contributed by atoms with van der Waals surface area (Å²) in [5.74, 6) is -1.06. The summed E-state index contributed by atoms with van der Waals surface area (Å²) >= 11 is 0. The minimum absolute atomic E-state index is 0.0247. The predicted octanol–water partition coefficient (Wildman–Crippen LogP) is 3.48. The number of carbonyl (C=O) groups excluding carboxylic acids is 1. The summed E-state index contributed by atoms with van der Waals surface area (Å²) in [5.41, 5.74) is 1.39. The first-order valence-electron chi connectivity index (χ1n) is 8.90. The summed E-state index contributed by atoms with van der Waals surface area (Å²) in [6, 6.07) is 9.18. The molecule has 1 aromatic heterocycles. The smallest absolute Gasteiger partial charge is 0.407 e. The fourth-order valence-corrected chi connectivity index (χ4v) is 3.59. The zero-order chi connectivity index (χ0) is 18.5. The number of hydrogen-bond donors (Lipinski definition) is 2. The van der Waals surface area contributed by atoms with Crippen LogP contribution in [0.2, 0.25) is 0 Å². The number of carboxylic acid groups (broad SMARTS) is 1. The Kier molecular flexibility index (Phi) is 5.55. The van der Waals surface area contributed by atoms with E-state index in [-0.39, 0.29) is 17.8 Å². The Balaban J connectivity index is 1.99. The third-order valence-corrected chi connectivity index (χ3v) is 4.71. The Labute approximate surface area is 152 Å². The van der Waals surface area contributed by atoms with Crippen LogP contribution in [0.5, 0.6) is 0 Å². The number of amides is 1. The molecule has 7 nitrogen and oxygen atoms in total. The van der Waals surface area contributed by atoms with E-state index in [0.717, 1.165) is 31.2 Å². The highest BCUT2D eigenvalue weighted by molar-refractivity contribution is 5.93. The van der Waals surface area contributed by atoms with E-state index in [2.05, 4.69) is 10.3 Å². The van der Waals surface area contributed by atoms with Crippen molar-refractivity contribution < 1.29 is 19.4 Å². The SMILES string of the molecule is CCOC(=O)N[C@@H]1CCCC[C@@H]1n1cnc(C(=O)O)c1-c1ccccc1. The molecule has 0 radical (unpaired) electrons. The van der Waals surface area contributed by atoms with Crippen LogP contribution in [-0.4, -0.2) is 39.4 Å². The average molecular weight is 357 g/mol. The molecule has 7 heteroatoms. The van der Waals surface area contributed by atoms with E-state index in [1.165, 1.54) is 0 Å². The Morgan fingerprint density at radius 1 is 1.27 bits per heavy atom. The molecule has 0 bridgehead atoms. The van der Waals surface area contributed by atoms with Crippen molar-refractivity contribution in [1.82, 2.24) is 14.9 Å². The molecule has 0 aliphatic heterocycles. The molecule has 2 atom stereocenters. The molecule has 1 aromatic carbocycles. The van der Waals surface area contributed by atoms with E-state index in [1.54, 1.807) is 13.3 Å². The standard InChI is InChI=1S/C19H23N3O4/c1-2-26-19(25)21-14-10-6-7-11-15(14)22-12-20-16(18(23)24)17(22)13-8-4-3-5-9-13/h3-5,8-9,12,14-15H,2,6-7,10-11H2,1H3,(H,21,25)(H,23,24)/t14-,15+/m1/s1. The molecule has 26 heavy (non-hydrogen) atoms. The van der Waals surface area contributed by atoms with E-state index in [9.17, 15) is 14.7 Å². The lowest BCUT2D eigenvalue weighted by Crippen LogP contribution is -2.43. The molecule has 1 amide bonds. The van der Waals surface area contributed by atoms with Crippen molar-refractivity contribution in [3.63, 3.8) is 0 Å². The van der Waals surface area contributed by atoms with Crippen molar-refractivity contribution >= 4 is 12.1 Å². The first-order valence-corrected chi connectivity index (χ1v) is 8.90. The number of rotatable bonds is 5. The molecule has 1 heterocycles. The summed E-state index contributed by atoms with van der Waals surface area (Å²) in [5, 5.41) is 12.5. The van der Waals surface area contributed by atoms with Gasteiger partial charge in [-0.1, -0.05) is 43.2 Å². The van der Waals surface area contributed by atoms with Crippen LogP contribution in [-0.2, 0) is 4.74 Å². The van der Waals surface area contributed by atoms with Crippen molar-refractivity contribution in [1.29, 1.82) is 0 Å². The highest BCUT2D eigenvalue weighted by atomic mass is 16.5. The molecule has 2 N–H and O–H groups in total. The summed E-state index contributed by atoms with van der Waals surface area (Å²) in [6.45, 7) is 2.08. The van der Waals surface area contributed by atoms with Crippen LogP contribution in [0.3, 0.4) is 0 Å². The van der Waals surface area contributed by atoms with Crippen LogP contribution >= 0.6 is 0 Å². The number of imidazole rings is 1. The number of hydrogen-bond acceptors (Lipinski definition) is 4. The molecule has 0 unspecified atom stereocenters. The predicted molar refractivity (Wildman–Crippen MR) is 96.1 cm³/mol. The van der Waals surface area contributed by atoms with E-state index in [0.29, 0.717) is 12.3 Å². The monoisotopic (exact) mass is 357 g/mol. The summed E-state index contributed by atoms with van der Waals surface area (Å²) in [4.78, 5) is 27.7. The Morgan fingerprint density at radius 2 is 2.00 bits per heavy atom. The molecule has 1 saturated carbocycles. The van der Waals surface area contributed by atoms with Gasteiger partial charge in [0.2, 0.25) is 0 Å². The van der Waals surface area contributed by atoms with Gasteiger partial charge in [0.1, 0.15) is 0 Å². The van der Waals surface area contributed by atoms with Crippen molar-refractivity contribution in [2.75, 3.05) is 6.61 Å². The van der Waals surface area contributed by atoms with E-state index >= 15 is 0 Å². The van der Waals surface area contributed by atoms with Crippen LogP contribution in [0, 0.1) is 0 Å². The van der Waals surface area contributed by atoms with Gasteiger partial charge in [-0.2, -0.15) is 0 Å². The highest BCUT2D eigenvalue weighted by Crippen LogP contribution is 2.34. The minimum atomic E-state index is -1.06. The fourth-order valence-electron chi connectivity index (χ4n) is 3.59. The first-order chi connectivity index (χ1) is 12.6. The second-order valence-electron chi connectivity index (χ2n) is 6.34. The number of alkyl carbamates (subject to hydrolysis) is 1. The molecule has 0 spiro atoms. The molecule has 0 saturated heterocycles. The summed E-state index contributed by atoms with van der Waals surface area (Å²) in [6.07, 6.45) is 4.81. The zero-order valence-electron chi connectivity index (χ0n) is 14.7. The highest BCUT2D eigenvalue weighted by Gasteiger charge is 2.31. The molecule has 138 valence electrons. The van der Waals surface area contributed by atoms with Gasteiger partial charge in [-0.25, -0.2) is 14.6 Å². The lowest BCUT2D eigenvalue weighted by Gasteiger charge is -2.33. The Hall–Kier alpha value is -2.83. The van der Waals surface area contributed by atoms with Crippen molar-refractivity contribution in [2.24, 2.45) is 0 Å². The van der Waals surface area contributed by atoms with Gasteiger partial charge in [0, 0.05) is 5.56 Å². The molecule has 2 aromatic rings. The number of aromatic carboxylic acids is 1. The largest absolute Gasteiger partial charge is 0.476 e. The summed E-state index contributed by atoms with van der Waals surface area (Å²) < 4.78 is 6.92. The molecular weight excluding hydrogens is 334 g/mol. The normalized spacial score (nSPS) is 19.7. The quantitative estimate of drug-likeness (QED) is 0.854. The third kappa shape index (κ3) is 3.71. The fraction of sp³-hybridized carbons (Fsp3) is 0.421. The van der Waals surface area contributed by atoms with Crippen LogP contribution in [0.25, 0.3) is 11.3 Å². The van der Waals surface area contributed by atoms with Crippen LogP contribution in [0.4, 0.5) is 4.79 Å². The number of nitrogens with zero attached hydrogens (tertiary/aromatic N) is 2. The second-order valence-corrected chi connectivity index (χ2v) is 6.34. The minimum Gasteiger partial charge on any atom is -0.476 e. The molecule has 1 aliphatic rings. The lowest BCUT2D eigenvalue weighted by molar-refractivity contribution is 0.0691. The third-order valence-electron chi connectivity index (χ3n) is 4.71. The molecule has 1 fully saturated rings. The maximum Gasteiger partial charge on any atom is 0.407 e. The van der Waals surface area contributed by atoms with E-state index in [1.807, 2.05) is 34.9 Å². The number of benzene rings is 1. The average Bonchev–Trinajstić information content (AvgIpc) is 3.08. The number of carbonyl (C=O) groups is 2. The number of aromatic nitrogens is 2. The summed E-state index contributed by atoms with van der Waals surface area (Å²) in [7, 11) is 0. The number of carboxylic acids is 1. The van der Waals surface area contributed by atoms with Crippen molar-refractivity contribution in [2.45, 2.75) is 44.7 Å².